The second kappa shape index (κ2) is 11.3. The maximum atomic E-state index is 15.0. The van der Waals surface area contributed by atoms with E-state index in [9.17, 15) is 28.7 Å². The molecule has 0 spiro atoms. The number of benzene rings is 1. The van der Waals surface area contributed by atoms with Crippen molar-refractivity contribution in [3.8, 4) is 5.69 Å². The molecule has 11 nitrogen and oxygen atoms in total. The Morgan fingerprint density at radius 3 is 2.61 bits per heavy atom. The van der Waals surface area contributed by atoms with E-state index in [1.807, 2.05) is 0 Å². The first-order chi connectivity index (χ1) is 18.1. The van der Waals surface area contributed by atoms with Gasteiger partial charge in [-0.15, -0.1) is 0 Å². The predicted molar refractivity (Wildman–Crippen MR) is 139 cm³/mol. The summed E-state index contributed by atoms with van der Waals surface area (Å²) < 4.78 is 21.6. The Hall–Kier alpha value is -3.81. The summed E-state index contributed by atoms with van der Waals surface area (Å²) in [6.45, 7) is 0.118. The van der Waals surface area contributed by atoms with Crippen LogP contribution in [0.2, 0.25) is 5.02 Å². The molecule has 3 aromatic rings. The number of nitrogens with zero attached hydrogens (tertiary/aromatic N) is 3. The lowest BCUT2D eigenvalue weighted by molar-refractivity contribution is -0.119. The summed E-state index contributed by atoms with van der Waals surface area (Å²) in [6.07, 6.45) is 2.42. The summed E-state index contributed by atoms with van der Waals surface area (Å²) in [6, 6.07) is 6.20. The normalized spacial score (nSPS) is 16.8. The van der Waals surface area contributed by atoms with Crippen molar-refractivity contribution in [2.45, 2.75) is 18.6 Å². The molecule has 0 radical (unpaired) electrons. The van der Waals surface area contributed by atoms with Gasteiger partial charge in [-0.05, 0) is 46.3 Å². The summed E-state index contributed by atoms with van der Waals surface area (Å²) in [4.78, 5) is 55.1. The van der Waals surface area contributed by atoms with Crippen molar-refractivity contribution in [2.24, 2.45) is 0 Å². The van der Waals surface area contributed by atoms with Gasteiger partial charge in [0.15, 0.2) is 0 Å². The van der Waals surface area contributed by atoms with Gasteiger partial charge in [0, 0.05) is 43.0 Å². The minimum Gasteiger partial charge on any atom is -0.477 e. The fourth-order valence-electron chi connectivity index (χ4n) is 3.94. The summed E-state index contributed by atoms with van der Waals surface area (Å²) in [7, 11) is 1.46. The number of aromatic nitrogens is 2. The number of likely N-dealkylation sites (tertiary alicyclic amines) is 1. The van der Waals surface area contributed by atoms with Gasteiger partial charge in [0.2, 0.25) is 5.91 Å². The second-order valence-electron chi connectivity index (χ2n) is 8.26. The number of pyridine rings is 2. The first-order valence-corrected chi connectivity index (χ1v) is 12.2. The summed E-state index contributed by atoms with van der Waals surface area (Å²) in [5.41, 5.74) is -1.50. The zero-order valence-corrected chi connectivity index (χ0v) is 22.0. The number of nitrogens with one attached hydrogen (secondary N) is 2. The zero-order chi connectivity index (χ0) is 27.6. The third kappa shape index (κ3) is 5.85. The average molecular weight is 609 g/mol. The van der Waals surface area contributed by atoms with Gasteiger partial charge in [0.25, 0.3) is 5.56 Å². The maximum absolute atomic E-state index is 15.0. The Bertz CT molecular complexity index is 1470. The molecule has 3 amide bonds. The van der Waals surface area contributed by atoms with Crippen LogP contribution in [0, 0.1) is 5.82 Å². The van der Waals surface area contributed by atoms with Crippen LogP contribution in [-0.4, -0.2) is 63.3 Å². The minimum absolute atomic E-state index is 0.0473. The molecular formula is C24H20BrClFN5O6. The number of rotatable bonds is 6. The lowest BCUT2D eigenvalue weighted by atomic mass is 10.1. The van der Waals surface area contributed by atoms with Gasteiger partial charge in [-0.3, -0.25) is 19.5 Å². The van der Waals surface area contributed by atoms with Crippen LogP contribution in [0.4, 0.5) is 20.7 Å². The Kier molecular flexibility index (Phi) is 8.09. The van der Waals surface area contributed by atoms with Gasteiger partial charge in [-0.25, -0.2) is 19.0 Å². The largest absolute Gasteiger partial charge is 0.477 e. The van der Waals surface area contributed by atoms with Crippen molar-refractivity contribution in [2.75, 3.05) is 24.3 Å². The summed E-state index contributed by atoms with van der Waals surface area (Å²) in [5, 5.41) is 14.7. The molecule has 14 heteroatoms. The quantitative estimate of drug-likeness (QED) is 0.387. The number of urea groups is 1. The van der Waals surface area contributed by atoms with E-state index < -0.39 is 47.0 Å². The Morgan fingerprint density at radius 2 is 1.97 bits per heavy atom. The molecule has 0 unspecified atom stereocenters. The molecule has 2 aromatic heterocycles. The topological polar surface area (TPSA) is 143 Å². The van der Waals surface area contributed by atoms with Crippen LogP contribution in [0.25, 0.3) is 5.69 Å². The number of carboxylic acid groups (broad SMARTS) is 1. The number of amides is 3. The smallest absolute Gasteiger partial charge is 0.341 e. The average Bonchev–Trinajstić information content (AvgIpc) is 3.33. The molecule has 1 fully saturated rings. The number of carbonyl (C=O) groups is 3. The zero-order valence-electron chi connectivity index (χ0n) is 19.7. The van der Waals surface area contributed by atoms with Crippen molar-refractivity contribution in [1.29, 1.82) is 0 Å². The van der Waals surface area contributed by atoms with Gasteiger partial charge in [-0.1, -0.05) is 11.6 Å². The SMILES string of the molecule is CO[C@@H]1C[C@H](C(=O)Nc2ccc(-n3cc(Br)cc(C(=O)O)c3=O)cc2F)N(C(=O)Nc2ccc(Cl)cn2)C1. The first-order valence-electron chi connectivity index (χ1n) is 11.1. The Morgan fingerprint density at radius 1 is 1.21 bits per heavy atom. The van der Waals surface area contributed by atoms with Crippen LogP contribution in [0.5, 0.6) is 0 Å². The van der Waals surface area contributed by atoms with Crippen LogP contribution in [0.3, 0.4) is 0 Å². The number of aromatic carboxylic acids is 1. The Labute approximate surface area is 228 Å². The van der Waals surface area contributed by atoms with Crippen molar-refractivity contribution in [3.05, 3.63) is 80.0 Å². The number of carboxylic acids is 1. The lowest BCUT2D eigenvalue weighted by Crippen LogP contribution is -2.45. The van der Waals surface area contributed by atoms with Crippen LogP contribution in [0.1, 0.15) is 16.8 Å². The van der Waals surface area contributed by atoms with Crippen molar-refractivity contribution in [1.82, 2.24) is 14.5 Å². The van der Waals surface area contributed by atoms with Crippen molar-refractivity contribution >= 4 is 56.9 Å². The van der Waals surface area contributed by atoms with Gasteiger partial charge < -0.3 is 20.1 Å². The molecule has 1 aromatic carbocycles. The fourth-order valence-corrected chi connectivity index (χ4v) is 4.48. The van der Waals surface area contributed by atoms with E-state index in [1.165, 1.54) is 42.6 Å². The monoisotopic (exact) mass is 607 g/mol. The molecule has 3 heterocycles. The van der Waals surface area contributed by atoms with E-state index in [-0.39, 0.29) is 30.2 Å². The molecule has 3 N–H and O–H groups in total. The Balaban J connectivity index is 1.54. The standard InChI is InChI=1S/C24H20BrClFN5O6/c1-38-15-8-19(32(11-15)24(37)30-20-5-2-13(26)9-28-20)21(33)29-18-4-3-14(7-17(18)27)31-10-12(25)6-16(22(31)34)23(35)36/h2-7,9-10,15,19H,8,11H2,1H3,(H,29,33)(H,35,36)(H,28,30,37)/t15-,19-/m1/s1. The van der Waals surface area contributed by atoms with Crippen LogP contribution < -0.4 is 16.2 Å². The molecule has 0 bridgehead atoms. The highest BCUT2D eigenvalue weighted by Gasteiger charge is 2.40. The van der Waals surface area contributed by atoms with E-state index in [1.54, 1.807) is 6.07 Å². The molecule has 198 valence electrons. The molecule has 0 saturated carbocycles. The third-order valence-corrected chi connectivity index (χ3v) is 6.48. The van der Waals surface area contributed by atoms with Crippen LogP contribution >= 0.6 is 27.5 Å². The summed E-state index contributed by atoms with van der Waals surface area (Å²) in [5.74, 6) is -2.72. The van der Waals surface area contributed by atoms with Gasteiger partial charge in [-0.2, -0.15) is 0 Å². The molecule has 38 heavy (non-hydrogen) atoms. The molecule has 4 rings (SSSR count). The van der Waals surface area contributed by atoms with E-state index in [0.29, 0.717) is 9.50 Å². The first kappa shape index (κ1) is 27.2. The molecule has 1 aliphatic rings. The number of anilines is 2. The van der Waals surface area contributed by atoms with Crippen molar-refractivity contribution < 1.29 is 28.6 Å². The van der Waals surface area contributed by atoms with Gasteiger partial charge in [0.05, 0.1) is 22.5 Å². The third-order valence-electron chi connectivity index (χ3n) is 5.82. The van der Waals surface area contributed by atoms with E-state index in [4.69, 9.17) is 16.3 Å². The summed E-state index contributed by atoms with van der Waals surface area (Å²) >= 11 is 8.96. The molecule has 1 saturated heterocycles. The highest BCUT2D eigenvalue weighted by atomic mass is 79.9. The van der Waals surface area contributed by atoms with Gasteiger partial charge >= 0.3 is 12.0 Å². The van der Waals surface area contributed by atoms with Crippen molar-refractivity contribution in [3.63, 3.8) is 0 Å². The molecule has 0 aliphatic carbocycles. The number of hydrogen-bond acceptors (Lipinski definition) is 6. The van der Waals surface area contributed by atoms with E-state index in [0.717, 1.165) is 16.7 Å². The predicted octanol–water partition coefficient (Wildman–Crippen LogP) is 3.75. The molecular weight excluding hydrogens is 589 g/mol. The number of methoxy groups -OCH3 is 1. The van der Waals surface area contributed by atoms with Crippen LogP contribution in [-0.2, 0) is 9.53 Å². The van der Waals surface area contributed by atoms with Crippen LogP contribution in [0.15, 0.2) is 58.1 Å². The second-order valence-corrected chi connectivity index (χ2v) is 9.61. The highest BCUT2D eigenvalue weighted by Crippen LogP contribution is 2.25. The minimum atomic E-state index is -1.43. The lowest BCUT2D eigenvalue weighted by Gasteiger charge is -2.24. The van der Waals surface area contributed by atoms with Gasteiger partial charge in [0.1, 0.15) is 23.2 Å². The maximum Gasteiger partial charge on any atom is 0.341 e. The fraction of sp³-hybridized carbons (Fsp3) is 0.208. The van der Waals surface area contributed by atoms with E-state index >= 15 is 0 Å². The van der Waals surface area contributed by atoms with E-state index in [2.05, 4.69) is 31.5 Å². The number of carbonyl (C=O) groups excluding carboxylic acids is 2. The number of hydrogen-bond donors (Lipinski definition) is 3. The molecule has 1 aliphatic heterocycles. The number of ether oxygens (including phenoxy) is 1. The highest BCUT2D eigenvalue weighted by molar-refractivity contribution is 9.10. The number of halogens is 3. The molecule has 2 atom stereocenters.